The van der Waals surface area contributed by atoms with Gasteiger partial charge in [-0.05, 0) is 25.8 Å². The first kappa shape index (κ1) is 12.6. The van der Waals surface area contributed by atoms with Crippen molar-refractivity contribution in [1.82, 2.24) is 9.97 Å². The quantitative estimate of drug-likeness (QED) is 0.897. The molecule has 0 bridgehead atoms. The fourth-order valence-electron chi connectivity index (χ4n) is 2.06. The molecule has 0 aliphatic carbocycles. The van der Waals surface area contributed by atoms with Crippen molar-refractivity contribution in [3.8, 4) is 11.3 Å². The van der Waals surface area contributed by atoms with Gasteiger partial charge in [0.2, 0.25) is 0 Å². The first-order chi connectivity index (χ1) is 8.61. The third-order valence-corrected chi connectivity index (χ3v) is 3.01. The maximum Gasteiger partial charge on any atom is 0.126 e. The van der Waals surface area contributed by atoms with Crippen LogP contribution < -0.4 is 5.73 Å². The molecule has 2 N–H and O–H groups in total. The van der Waals surface area contributed by atoms with Gasteiger partial charge in [0, 0.05) is 5.56 Å². The minimum absolute atomic E-state index is 0.670. The molecule has 0 fully saturated rings. The summed E-state index contributed by atoms with van der Waals surface area (Å²) < 4.78 is 0. The van der Waals surface area contributed by atoms with Crippen molar-refractivity contribution in [3.05, 3.63) is 41.3 Å². The molecular formula is C15H19N3. The second-order valence-electron chi connectivity index (χ2n) is 4.57. The Bertz CT molecular complexity index is 544. The average Bonchev–Trinajstić information content (AvgIpc) is 2.35. The predicted octanol–water partition coefficient (Wildman–Crippen LogP) is 3.30. The lowest BCUT2D eigenvalue weighted by Gasteiger charge is -2.09. The molecule has 1 heterocycles. The maximum absolute atomic E-state index is 6.06. The van der Waals surface area contributed by atoms with Gasteiger partial charge in [0.25, 0.3) is 0 Å². The topological polar surface area (TPSA) is 51.8 Å². The smallest absolute Gasteiger partial charge is 0.126 e. The number of nitrogens with zero attached hydrogens (tertiary/aromatic N) is 2. The summed E-state index contributed by atoms with van der Waals surface area (Å²) in [6, 6.07) is 8.46. The summed E-state index contributed by atoms with van der Waals surface area (Å²) in [4.78, 5) is 8.71. The minimum atomic E-state index is 0.670. The van der Waals surface area contributed by atoms with E-state index in [1.165, 1.54) is 5.56 Å². The van der Waals surface area contributed by atoms with Crippen molar-refractivity contribution in [2.45, 2.75) is 33.6 Å². The van der Waals surface area contributed by atoms with Crippen LogP contribution in [0.15, 0.2) is 24.3 Å². The number of rotatable bonds is 3. The molecule has 0 amide bonds. The zero-order valence-corrected chi connectivity index (χ0v) is 11.2. The van der Waals surface area contributed by atoms with Crippen LogP contribution >= 0.6 is 0 Å². The first-order valence-electron chi connectivity index (χ1n) is 6.32. The van der Waals surface area contributed by atoms with E-state index in [-0.39, 0.29) is 0 Å². The molecule has 2 rings (SSSR count). The van der Waals surface area contributed by atoms with Gasteiger partial charge in [-0.25, -0.2) is 9.97 Å². The van der Waals surface area contributed by atoms with Gasteiger partial charge < -0.3 is 5.73 Å². The van der Waals surface area contributed by atoms with E-state index in [1.54, 1.807) is 0 Å². The number of nitrogens with two attached hydrogens (primary N) is 1. The van der Waals surface area contributed by atoms with Crippen LogP contribution in [-0.2, 0) is 6.42 Å². The zero-order chi connectivity index (χ0) is 13.1. The number of anilines is 1. The molecule has 2 aromatic rings. The Labute approximate surface area is 108 Å². The average molecular weight is 241 g/mol. The second-order valence-corrected chi connectivity index (χ2v) is 4.57. The van der Waals surface area contributed by atoms with Gasteiger partial charge in [0.1, 0.15) is 5.82 Å². The van der Waals surface area contributed by atoms with E-state index in [9.17, 15) is 0 Å². The number of hydrogen-bond donors (Lipinski definition) is 1. The van der Waals surface area contributed by atoms with Crippen LogP contribution in [-0.4, -0.2) is 9.97 Å². The Morgan fingerprint density at radius 2 is 1.72 bits per heavy atom. The lowest BCUT2D eigenvalue weighted by Crippen LogP contribution is -2.02. The van der Waals surface area contributed by atoms with Crippen molar-refractivity contribution >= 4 is 5.69 Å². The van der Waals surface area contributed by atoms with Gasteiger partial charge >= 0.3 is 0 Å². The predicted molar refractivity (Wildman–Crippen MR) is 75.3 cm³/mol. The summed E-state index contributed by atoms with van der Waals surface area (Å²) in [5.41, 5.74) is 10.8. The fourth-order valence-corrected chi connectivity index (χ4v) is 2.06. The van der Waals surface area contributed by atoms with Gasteiger partial charge in [-0.3, -0.25) is 0 Å². The monoisotopic (exact) mass is 241 g/mol. The molecule has 18 heavy (non-hydrogen) atoms. The summed E-state index contributed by atoms with van der Waals surface area (Å²) in [5.74, 6) is 0.759. The van der Waals surface area contributed by atoms with Crippen molar-refractivity contribution in [1.29, 1.82) is 0 Å². The number of benzene rings is 1. The van der Waals surface area contributed by atoms with Crippen molar-refractivity contribution in [3.63, 3.8) is 0 Å². The summed E-state index contributed by atoms with van der Waals surface area (Å²) in [5, 5.41) is 0. The van der Waals surface area contributed by atoms with Gasteiger partial charge in [0.05, 0.1) is 17.1 Å². The van der Waals surface area contributed by atoms with Crippen LogP contribution in [0, 0.1) is 13.8 Å². The standard InChI is InChI=1S/C15H19N3/c1-4-5-12-6-8-13(9-7-12)15-14(16)10(2)17-11(3)18-15/h6-9H,4-5,16H2,1-3H3. The van der Waals surface area contributed by atoms with E-state index in [4.69, 9.17) is 5.73 Å². The largest absolute Gasteiger partial charge is 0.395 e. The highest BCUT2D eigenvalue weighted by atomic mass is 14.9. The lowest BCUT2D eigenvalue weighted by molar-refractivity contribution is 0.922. The Morgan fingerprint density at radius 3 is 2.33 bits per heavy atom. The van der Waals surface area contributed by atoms with Crippen LogP contribution in [0.4, 0.5) is 5.69 Å². The van der Waals surface area contributed by atoms with Crippen molar-refractivity contribution in [2.24, 2.45) is 0 Å². The Kier molecular flexibility index (Phi) is 3.60. The minimum Gasteiger partial charge on any atom is -0.395 e. The Balaban J connectivity index is 2.42. The van der Waals surface area contributed by atoms with Crippen LogP contribution in [0.1, 0.15) is 30.4 Å². The molecule has 0 radical (unpaired) electrons. The molecule has 1 aromatic heterocycles. The van der Waals surface area contributed by atoms with E-state index in [1.807, 2.05) is 13.8 Å². The number of aryl methyl sites for hydroxylation is 3. The molecular weight excluding hydrogens is 222 g/mol. The Hall–Kier alpha value is -1.90. The summed E-state index contributed by atoms with van der Waals surface area (Å²) >= 11 is 0. The Morgan fingerprint density at radius 1 is 1.06 bits per heavy atom. The molecule has 0 aliphatic rings. The highest BCUT2D eigenvalue weighted by Crippen LogP contribution is 2.25. The van der Waals surface area contributed by atoms with Crippen LogP contribution in [0.3, 0.4) is 0 Å². The molecule has 0 aliphatic heterocycles. The highest BCUT2D eigenvalue weighted by Gasteiger charge is 2.08. The van der Waals surface area contributed by atoms with Crippen LogP contribution in [0.25, 0.3) is 11.3 Å². The molecule has 3 heteroatoms. The van der Waals surface area contributed by atoms with Crippen LogP contribution in [0.5, 0.6) is 0 Å². The maximum atomic E-state index is 6.06. The van der Waals surface area contributed by atoms with E-state index in [0.717, 1.165) is 35.6 Å². The van der Waals surface area contributed by atoms with Gasteiger partial charge in [-0.15, -0.1) is 0 Å². The van der Waals surface area contributed by atoms with Crippen molar-refractivity contribution < 1.29 is 0 Å². The van der Waals surface area contributed by atoms with E-state index >= 15 is 0 Å². The molecule has 0 saturated carbocycles. The van der Waals surface area contributed by atoms with Gasteiger partial charge in [0.15, 0.2) is 0 Å². The molecule has 0 unspecified atom stereocenters. The molecule has 94 valence electrons. The summed E-state index contributed by atoms with van der Waals surface area (Å²) in [6.07, 6.45) is 2.27. The van der Waals surface area contributed by atoms with Gasteiger partial charge in [-0.1, -0.05) is 37.6 Å². The van der Waals surface area contributed by atoms with E-state index < -0.39 is 0 Å². The summed E-state index contributed by atoms with van der Waals surface area (Å²) in [6.45, 7) is 5.99. The lowest BCUT2D eigenvalue weighted by atomic mass is 10.0. The van der Waals surface area contributed by atoms with Crippen LogP contribution in [0.2, 0.25) is 0 Å². The second kappa shape index (κ2) is 5.17. The van der Waals surface area contributed by atoms with Gasteiger partial charge in [-0.2, -0.15) is 0 Å². The fraction of sp³-hybridized carbons (Fsp3) is 0.333. The highest BCUT2D eigenvalue weighted by molar-refractivity contribution is 5.73. The van der Waals surface area contributed by atoms with Crippen molar-refractivity contribution in [2.75, 3.05) is 5.73 Å². The van der Waals surface area contributed by atoms with E-state index in [0.29, 0.717) is 5.69 Å². The first-order valence-corrected chi connectivity index (χ1v) is 6.32. The number of nitrogen functional groups attached to an aromatic ring is 1. The summed E-state index contributed by atoms with van der Waals surface area (Å²) in [7, 11) is 0. The molecule has 3 nitrogen and oxygen atoms in total. The molecule has 0 saturated heterocycles. The zero-order valence-electron chi connectivity index (χ0n) is 11.2. The molecule has 0 atom stereocenters. The third-order valence-electron chi connectivity index (χ3n) is 3.01. The third kappa shape index (κ3) is 2.50. The molecule has 1 aromatic carbocycles. The number of hydrogen-bond acceptors (Lipinski definition) is 3. The SMILES string of the molecule is CCCc1ccc(-c2nc(C)nc(C)c2N)cc1. The van der Waals surface area contributed by atoms with E-state index in [2.05, 4.69) is 41.2 Å². The number of aromatic nitrogens is 2. The molecule has 0 spiro atoms. The normalized spacial score (nSPS) is 10.6.